The first-order valence-corrected chi connectivity index (χ1v) is 6.97. The molecule has 0 spiro atoms. The summed E-state index contributed by atoms with van der Waals surface area (Å²) in [5, 5.41) is 7.76. The topological polar surface area (TPSA) is 41.3 Å². The van der Waals surface area contributed by atoms with Gasteiger partial charge in [0.05, 0.1) is 5.69 Å². The van der Waals surface area contributed by atoms with Crippen molar-refractivity contribution in [3.05, 3.63) is 17.0 Å². The highest BCUT2D eigenvalue weighted by molar-refractivity contribution is 5.21. The summed E-state index contributed by atoms with van der Waals surface area (Å²) in [7, 11) is 0. The van der Waals surface area contributed by atoms with E-state index in [-0.39, 0.29) is 0 Å². The number of nitrogens with zero attached hydrogens (tertiary/aromatic N) is 2. The van der Waals surface area contributed by atoms with Crippen molar-refractivity contribution in [2.45, 2.75) is 45.7 Å². The van der Waals surface area contributed by atoms with Gasteiger partial charge in [0.15, 0.2) is 0 Å². The van der Waals surface area contributed by atoms with E-state index in [1.807, 2.05) is 13.8 Å². The molecule has 2 fully saturated rings. The van der Waals surface area contributed by atoms with Gasteiger partial charge >= 0.3 is 0 Å². The Morgan fingerprint density at radius 2 is 2.22 bits per heavy atom. The van der Waals surface area contributed by atoms with E-state index in [0.717, 1.165) is 43.6 Å². The second-order valence-electron chi connectivity index (χ2n) is 6.13. The van der Waals surface area contributed by atoms with Gasteiger partial charge in [-0.2, -0.15) is 0 Å². The predicted octanol–water partition coefficient (Wildman–Crippen LogP) is 1.87. The highest BCUT2D eigenvalue weighted by atomic mass is 16.5. The lowest BCUT2D eigenvalue weighted by molar-refractivity contribution is 0.121. The summed E-state index contributed by atoms with van der Waals surface area (Å²) in [6.07, 6.45) is 2.78. The first kappa shape index (κ1) is 12.2. The minimum atomic E-state index is 0.317. The first-order valence-electron chi connectivity index (χ1n) is 6.97. The van der Waals surface area contributed by atoms with Crippen molar-refractivity contribution in [3.63, 3.8) is 0 Å². The van der Waals surface area contributed by atoms with Gasteiger partial charge in [-0.05, 0) is 39.5 Å². The SMILES string of the molecule is Cc1noc(C)c1CN1CCNC(C)(C2CC2)C1. The molecule has 0 aromatic carbocycles. The van der Waals surface area contributed by atoms with Gasteiger partial charge in [0, 0.05) is 37.3 Å². The molecular formula is C14H23N3O. The molecule has 1 atom stereocenters. The molecule has 4 heteroatoms. The van der Waals surface area contributed by atoms with Crippen LogP contribution in [0.5, 0.6) is 0 Å². The quantitative estimate of drug-likeness (QED) is 0.888. The number of rotatable bonds is 3. The van der Waals surface area contributed by atoms with Crippen molar-refractivity contribution in [1.29, 1.82) is 0 Å². The maximum absolute atomic E-state index is 5.26. The summed E-state index contributed by atoms with van der Waals surface area (Å²) in [4.78, 5) is 2.54. The molecule has 2 aliphatic rings. The molecule has 4 nitrogen and oxygen atoms in total. The van der Waals surface area contributed by atoms with E-state index in [4.69, 9.17) is 4.52 Å². The van der Waals surface area contributed by atoms with E-state index in [1.54, 1.807) is 0 Å². The average molecular weight is 249 g/mol. The van der Waals surface area contributed by atoms with Crippen molar-refractivity contribution < 1.29 is 4.52 Å². The second-order valence-corrected chi connectivity index (χ2v) is 6.13. The maximum atomic E-state index is 5.26. The van der Waals surface area contributed by atoms with E-state index in [9.17, 15) is 0 Å². The largest absolute Gasteiger partial charge is 0.361 e. The van der Waals surface area contributed by atoms with E-state index < -0.39 is 0 Å². The van der Waals surface area contributed by atoms with Gasteiger partial charge in [0.1, 0.15) is 5.76 Å². The molecule has 1 N–H and O–H groups in total. The van der Waals surface area contributed by atoms with Crippen molar-refractivity contribution in [3.8, 4) is 0 Å². The molecule has 1 unspecified atom stereocenters. The molecule has 100 valence electrons. The number of aryl methyl sites for hydroxylation is 2. The van der Waals surface area contributed by atoms with Crippen LogP contribution in [-0.2, 0) is 6.54 Å². The highest BCUT2D eigenvalue weighted by Gasteiger charge is 2.43. The normalized spacial score (nSPS) is 29.7. The fourth-order valence-electron chi connectivity index (χ4n) is 3.18. The van der Waals surface area contributed by atoms with Crippen LogP contribution in [0.2, 0.25) is 0 Å². The number of hydrogen-bond donors (Lipinski definition) is 1. The standard InChI is InChI=1S/C14H23N3O/c1-10-13(11(2)18-16-10)8-17-7-6-15-14(3,9-17)12-4-5-12/h12,15H,4-9H2,1-3H3. The average Bonchev–Trinajstić information content (AvgIpc) is 3.13. The Morgan fingerprint density at radius 3 is 2.83 bits per heavy atom. The van der Waals surface area contributed by atoms with Gasteiger partial charge in [-0.3, -0.25) is 4.90 Å². The van der Waals surface area contributed by atoms with E-state index in [2.05, 4.69) is 22.3 Å². The van der Waals surface area contributed by atoms with Crippen LogP contribution in [0.25, 0.3) is 0 Å². The molecule has 1 aromatic heterocycles. The molecule has 1 aliphatic carbocycles. The lowest BCUT2D eigenvalue weighted by Gasteiger charge is -2.42. The van der Waals surface area contributed by atoms with Crippen LogP contribution in [-0.4, -0.2) is 35.2 Å². The minimum Gasteiger partial charge on any atom is -0.361 e. The van der Waals surface area contributed by atoms with Crippen molar-refractivity contribution >= 4 is 0 Å². The first-order chi connectivity index (χ1) is 8.58. The molecule has 0 radical (unpaired) electrons. The highest BCUT2D eigenvalue weighted by Crippen LogP contribution is 2.40. The zero-order valence-corrected chi connectivity index (χ0v) is 11.6. The molecule has 0 amide bonds. The summed E-state index contributed by atoms with van der Waals surface area (Å²) < 4.78 is 5.26. The summed E-state index contributed by atoms with van der Waals surface area (Å²) in [6, 6.07) is 0. The van der Waals surface area contributed by atoms with Crippen molar-refractivity contribution in [2.75, 3.05) is 19.6 Å². The van der Waals surface area contributed by atoms with Crippen LogP contribution in [0, 0.1) is 19.8 Å². The lowest BCUT2D eigenvalue weighted by atomic mass is 9.92. The van der Waals surface area contributed by atoms with E-state index in [1.165, 1.54) is 18.4 Å². The van der Waals surface area contributed by atoms with Crippen LogP contribution < -0.4 is 5.32 Å². The molecule has 3 rings (SSSR count). The van der Waals surface area contributed by atoms with E-state index in [0.29, 0.717) is 5.54 Å². The molecule has 1 saturated carbocycles. The lowest BCUT2D eigenvalue weighted by Crippen LogP contribution is -2.59. The summed E-state index contributed by atoms with van der Waals surface area (Å²) in [5.74, 6) is 1.85. The van der Waals surface area contributed by atoms with Gasteiger partial charge in [-0.25, -0.2) is 0 Å². The Hall–Kier alpha value is -0.870. The molecule has 18 heavy (non-hydrogen) atoms. The van der Waals surface area contributed by atoms with Gasteiger partial charge in [-0.1, -0.05) is 5.16 Å². The van der Waals surface area contributed by atoms with Gasteiger partial charge in [0.25, 0.3) is 0 Å². The molecular weight excluding hydrogens is 226 g/mol. The fraction of sp³-hybridized carbons (Fsp3) is 0.786. The number of nitrogens with one attached hydrogen (secondary N) is 1. The van der Waals surface area contributed by atoms with Gasteiger partial charge in [0.2, 0.25) is 0 Å². The van der Waals surface area contributed by atoms with Crippen molar-refractivity contribution in [2.24, 2.45) is 5.92 Å². The van der Waals surface area contributed by atoms with Crippen molar-refractivity contribution in [1.82, 2.24) is 15.4 Å². The number of hydrogen-bond acceptors (Lipinski definition) is 4. The molecule has 2 heterocycles. The van der Waals surface area contributed by atoms with E-state index >= 15 is 0 Å². The van der Waals surface area contributed by atoms with Crippen LogP contribution in [0.3, 0.4) is 0 Å². The predicted molar refractivity (Wildman–Crippen MR) is 70.4 cm³/mol. The zero-order chi connectivity index (χ0) is 12.8. The maximum Gasteiger partial charge on any atom is 0.138 e. The van der Waals surface area contributed by atoms with Gasteiger partial charge in [-0.15, -0.1) is 0 Å². The minimum absolute atomic E-state index is 0.317. The Labute approximate surface area is 109 Å². The van der Waals surface area contributed by atoms with Crippen LogP contribution in [0.15, 0.2) is 4.52 Å². The van der Waals surface area contributed by atoms with Crippen LogP contribution in [0.1, 0.15) is 36.8 Å². The fourth-order valence-corrected chi connectivity index (χ4v) is 3.18. The number of aromatic nitrogens is 1. The third-order valence-electron chi connectivity index (χ3n) is 4.55. The molecule has 1 aromatic rings. The third kappa shape index (κ3) is 2.19. The third-order valence-corrected chi connectivity index (χ3v) is 4.55. The number of piperazine rings is 1. The Bertz CT molecular complexity index is 419. The molecule has 0 bridgehead atoms. The Morgan fingerprint density at radius 1 is 1.44 bits per heavy atom. The summed E-state index contributed by atoms with van der Waals surface area (Å²) in [6.45, 7) is 10.8. The zero-order valence-electron chi connectivity index (χ0n) is 11.6. The van der Waals surface area contributed by atoms with Crippen LogP contribution in [0.4, 0.5) is 0 Å². The second kappa shape index (κ2) is 4.35. The summed E-state index contributed by atoms with van der Waals surface area (Å²) >= 11 is 0. The van der Waals surface area contributed by atoms with Crippen LogP contribution >= 0.6 is 0 Å². The smallest absolute Gasteiger partial charge is 0.138 e. The Balaban J connectivity index is 1.69. The van der Waals surface area contributed by atoms with Gasteiger partial charge < -0.3 is 9.84 Å². The molecule has 1 saturated heterocycles. The molecule has 1 aliphatic heterocycles. The Kier molecular flexibility index (Phi) is 2.94. The monoisotopic (exact) mass is 249 g/mol. The summed E-state index contributed by atoms with van der Waals surface area (Å²) in [5.41, 5.74) is 2.63.